The highest BCUT2D eigenvalue weighted by atomic mass is 19.1. The van der Waals surface area contributed by atoms with Gasteiger partial charge in [0.2, 0.25) is 0 Å². The first-order valence-corrected chi connectivity index (χ1v) is 11.9. The van der Waals surface area contributed by atoms with Crippen LogP contribution in [0.5, 0.6) is 5.75 Å². The smallest absolute Gasteiger partial charge is 0.127 e. The summed E-state index contributed by atoms with van der Waals surface area (Å²) in [6.45, 7) is 9.45. The molecule has 2 heterocycles. The molecule has 0 aliphatic carbocycles. The van der Waals surface area contributed by atoms with Crippen LogP contribution >= 0.6 is 0 Å². The molecule has 0 aromatic heterocycles. The van der Waals surface area contributed by atoms with Crippen LogP contribution < -0.4 is 9.64 Å². The van der Waals surface area contributed by atoms with E-state index in [0.29, 0.717) is 12.6 Å². The topological polar surface area (TPSA) is 15.7 Å². The van der Waals surface area contributed by atoms with Gasteiger partial charge >= 0.3 is 0 Å². The first-order valence-electron chi connectivity index (χ1n) is 11.9. The predicted octanol–water partition coefficient (Wildman–Crippen LogP) is 6.10. The lowest BCUT2D eigenvalue weighted by Gasteiger charge is -2.38. The molecule has 0 spiro atoms. The average molecular weight is 443 g/mol. The minimum absolute atomic E-state index is 0.215. The Balaban J connectivity index is 1.52. The SMILES string of the molecule is CC(C)N1CCN(c2ccc(C3=C(c4ccc(F)cc4)CCOc4ccccc43)cc2)CC1. The second-order valence-electron chi connectivity index (χ2n) is 9.12. The minimum Gasteiger partial charge on any atom is -0.493 e. The van der Waals surface area contributed by atoms with Crippen LogP contribution in [0, 0.1) is 5.82 Å². The zero-order valence-electron chi connectivity index (χ0n) is 19.4. The van der Waals surface area contributed by atoms with Gasteiger partial charge in [-0.2, -0.15) is 0 Å². The van der Waals surface area contributed by atoms with E-state index in [9.17, 15) is 4.39 Å². The van der Waals surface area contributed by atoms with Crippen molar-refractivity contribution in [3.05, 3.63) is 95.3 Å². The van der Waals surface area contributed by atoms with E-state index in [0.717, 1.165) is 55.0 Å². The van der Waals surface area contributed by atoms with Gasteiger partial charge in [-0.05, 0) is 66.5 Å². The van der Waals surface area contributed by atoms with Gasteiger partial charge in [0, 0.05) is 49.9 Å². The fraction of sp³-hybridized carbons (Fsp3) is 0.310. The normalized spacial score (nSPS) is 17.0. The molecule has 5 rings (SSSR count). The maximum absolute atomic E-state index is 13.6. The molecule has 2 aliphatic rings. The lowest BCUT2D eigenvalue weighted by atomic mass is 9.88. The van der Waals surface area contributed by atoms with Crippen LogP contribution in [0.15, 0.2) is 72.8 Å². The molecule has 0 bridgehead atoms. The molecule has 3 aromatic carbocycles. The zero-order chi connectivity index (χ0) is 22.8. The van der Waals surface area contributed by atoms with Gasteiger partial charge in [-0.3, -0.25) is 4.90 Å². The van der Waals surface area contributed by atoms with Crippen molar-refractivity contribution in [1.82, 2.24) is 4.90 Å². The standard InChI is InChI=1S/C29H31FN2O/c1-21(2)31-16-18-32(19-17-31)25-13-9-23(10-14-25)29-26(22-7-11-24(30)12-8-22)15-20-33-28-6-4-3-5-27(28)29/h3-14,21H,15-20H2,1-2H3. The van der Waals surface area contributed by atoms with Gasteiger partial charge in [0.1, 0.15) is 11.6 Å². The van der Waals surface area contributed by atoms with Crippen molar-refractivity contribution >= 4 is 16.8 Å². The molecule has 0 atom stereocenters. The number of benzene rings is 3. The first kappa shape index (κ1) is 21.7. The Bertz CT molecular complexity index is 1130. The van der Waals surface area contributed by atoms with Crippen LogP contribution in [0.1, 0.15) is 37.0 Å². The van der Waals surface area contributed by atoms with Crippen molar-refractivity contribution in [2.75, 3.05) is 37.7 Å². The molecule has 1 saturated heterocycles. The van der Waals surface area contributed by atoms with Crippen molar-refractivity contribution in [3.8, 4) is 5.75 Å². The molecular weight excluding hydrogens is 411 g/mol. The number of anilines is 1. The van der Waals surface area contributed by atoms with Crippen LogP contribution in [0.4, 0.5) is 10.1 Å². The van der Waals surface area contributed by atoms with Crippen LogP contribution in [0.2, 0.25) is 0 Å². The Morgan fingerprint density at radius 1 is 0.788 bits per heavy atom. The second-order valence-corrected chi connectivity index (χ2v) is 9.12. The minimum atomic E-state index is -0.215. The highest BCUT2D eigenvalue weighted by Gasteiger charge is 2.22. The van der Waals surface area contributed by atoms with Gasteiger partial charge < -0.3 is 9.64 Å². The lowest BCUT2D eigenvalue weighted by Crippen LogP contribution is -2.48. The number of piperazine rings is 1. The first-order chi connectivity index (χ1) is 16.1. The van der Waals surface area contributed by atoms with Crippen LogP contribution in [-0.4, -0.2) is 43.7 Å². The van der Waals surface area contributed by atoms with Crippen molar-refractivity contribution in [1.29, 1.82) is 0 Å². The van der Waals surface area contributed by atoms with Crippen LogP contribution in [0.3, 0.4) is 0 Å². The summed E-state index contributed by atoms with van der Waals surface area (Å²) in [6.07, 6.45) is 0.772. The van der Waals surface area contributed by atoms with E-state index >= 15 is 0 Å². The van der Waals surface area contributed by atoms with E-state index in [4.69, 9.17) is 4.74 Å². The lowest BCUT2D eigenvalue weighted by molar-refractivity contribution is 0.209. The molecule has 2 aliphatic heterocycles. The summed E-state index contributed by atoms with van der Waals surface area (Å²) < 4.78 is 19.7. The molecular formula is C29H31FN2O. The Labute approximate surface area is 196 Å². The summed E-state index contributed by atoms with van der Waals surface area (Å²) in [5, 5.41) is 0. The van der Waals surface area contributed by atoms with Gasteiger partial charge in [-0.15, -0.1) is 0 Å². The van der Waals surface area contributed by atoms with E-state index in [1.54, 1.807) is 0 Å². The van der Waals surface area contributed by atoms with Crippen molar-refractivity contribution in [2.24, 2.45) is 0 Å². The number of rotatable bonds is 4. The van der Waals surface area contributed by atoms with Crippen molar-refractivity contribution < 1.29 is 9.13 Å². The number of ether oxygens (including phenoxy) is 1. The van der Waals surface area contributed by atoms with Gasteiger partial charge in [-0.25, -0.2) is 4.39 Å². The summed E-state index contributed by atoms with van der Waals surface area (Å²) in [5.41, 5.74) is 6.93. The highest BCUT2D eigenvalue weighted by molar-refractivity contribution is 6.00. The molecule has 0 saturated carbocycles. The molecule has 0 radical (unpaired) electrons. The second kappa shape index (κ2) is 9.40. The van der Waals surface area contributed by atoms with Crippen LogP contribution in [0.25, 0.3) is 11.1 Å². The summed E-state index contributed by atoms with van der Waals surface area (Å²) in [4.78, 5) is 5.01. The fourth-order valence-electron chi connectivity index (χ4n) is 4.95. The molecule has 33 heavy (non-hydrogen) atoms. The third-order valence-electron chi connectivity index (χ3n) is 6.83. The van der Waals surface area contributed by atoms with E-state index in [1.165, 1.54) is 29.0 Å². The summed E-state index contributed by atoms with van der Waals surface area (Å²) in [6, 6.07) is 24.6. The number of halogens is 1. The average Bonchev–Trinajstić information content (AvgIpc) is 3.04. The molecule has 0 unspecified atom stereocenters. The van der Waals surface area contributed by atoms with E-state index in [2.05, 4.69) is 60.0 Å². The highest BCUT2D eigenvalue weighted by Crippen LogP contribution is 2.41. The summed E-state index contributed by atoms with van der Waals surface area (Å²) >= 11 is 0. The zero-order valence-corrected chi connectivity index (χ0v) is 19.4. The number of hydrogen-bond acceptors (Lipinski definition) is 3. The summed E-state index contributed by atoms with van der Waals surface area (Å²) in [7, 11) is 0. The van der Waals surface area contributed by atoms with Crippen molar-refractivity contribution in [3.63, 3.8) is 0 Å². The predicted molar refractivity (Wildman–Crippen MR) is 134 cm³/mol. The largest absolute Gasteiger partial charge is 0.493 e. The van der Waals surface area contributed by atoms with E-state index < -0.39 is 0 Å². The van der Waals surface area contributed by atoms with Gasteiger partial charge in [-0.1, -0.05) is 42.5 Å². The maximum atomic E-state index is 13.6. The van der Waals surface area contributed by atoms with Gasteiger partial charge in [0.15, 0.2) is 0 Å². The molecule has 3 nitrogen and oxygen atoms in total. The Morgan fingerprint density at radius 2 is 1.45 bits per heavy atom. The number of para-hydroxylation sites is 1. The van der Waals surface area contributed by atoms with Crippen LogP contribution in [-0.2, 0) is 0 Å². The Morgan fingerprint density at radius 3 is 2.15 bits per heavy atom. The number of hydrogen-bond donors (Lipinski definition) is 0. The maximum Gasteiger partial charge on any atom is 0.127 e. The number of fused-ring (bicyclic) bond motifs is 1. The van der Waals surface area contributed by atoms with Gasteiger partial charge in [0.25, 0.3) is 0 Å². The van der Waals surface area contributed by atoms with Gasteiger partial charge in [0.05, 0.1) is 6.61 Å². The Kier molecular flexibility index (Phi) is 6.19. The number of nitrogens with zero attached hydrogens (tertiary/aromatic N) is 2. The third kappa shape index (κ3) is 4.53. The van der Waals surface area contributed by atoms with Crippen molar-refractivity contribution in [2.45, 2.75) is 26.3 Å². The monoisotopic (exact) mass is 442 g/mol. The molecule has 1 fully saturated rings. The molecule has 0 N–H and O–H groups in total. The summed E-state index contributed by atoms with van der Waals surface area (Å²) in [5.74, 6) is 0.687. The molecule has 0 amide bonds. The molecule has 3 aromatic rings. The molecule has 170 valence electrons. The quantitative estimate of drug-likeness (QED) is 0.486. The van der Waals surface area contributed by atoms with E-state index in [1.807, 2.05) is 24.3 Å². The fourth-order valence-corrected chi connectivity index (χ4v) is 4.95. The Hall–Kier alpha value is -3.11. The molecule has 4 heteroatoms. The van der Waals surface area contributed by atoms with E-state index in [-0.39, 0.29) is 5.82 Å². The third-order valence-corrected chi connectivity index (χ3v) is 6.83.